The predicted molar refractivity (Wildman–Crippen MR) is 123 cm³/mol. The molecule has 0 radical (unpaired) electrons. The number of pyridine rings is 2. The topological polar surface area (TPSA) is 94.0 Å². The van der Waals surface area contributed by atoms with Crippen molar-refractivity contribution in [2.75, 3.05) is 25.6 Å². The lowest BCUT2D eigenvalue weighted by molar-refractivity contribution is -0.117. The molecule has 4 heterocycles. The molecule has 0 amide bonds. The molecule has 0 bridgehead atoms. The van der Waals surface area contributed by atoms with Crippen molar-refractivity contribution in [3.8, 4) is 17.4 Å². The highest BCUT2D eigenvalue weighted by Crippen LogP contribution is 2.31. The number of Topliss-reactive ketones (excluding diaryl/α,β-unsaturated/α-hetero) is 1. The standard InChI is InChI=1S/C23H22N6O2S/c1-29(12-15(30)8-14-6-7-21(31-2)25-10-14)23-16-4-3-5-17(16)27-22(28-23)19-9-18-20(11-24-19)32-13-26-18/h6-7,9-11,13H,3-5,8,12H2,1-2H3. The third-order valence-corrected chi connectivity index (χ3v) is 6.32. The maximum Gasteiger partial charge on any atom is 0.212 e. The lowest BCUT2D eigenvalue weighted by atomic mass is 10.1. The number of likely N-dealkylation sites (N-methyl/N-ethyl adjacent to an activating group) is 1. The van der Waals surface area contributed by atoms with Crippen LogP contribution in [0, 0.1) is 0 Å². The highest BCUT2D eigenvalue weighted by atomic mass is 32.1. The molecule has 4 aromatic rings. The average Bonchev–Trinajstić information content (AvgIpc) is 3.47. The summed E-state index contributed by atoms with van der Waals surface area (Å²) in [7, 11) is 3.48. The van der Waals surface area contributed by atoms with Crippen molar-refractivity contribution < 1.29 is 9.53 Å². The molecule has 0 spiro atoms. The molecule has 0 atom stereocenters. The van der Waals surface area contributed by atoms with Crippen molar-refractivity contribution in [2.24, 2.45) is 0 Å². The number of methoxy groups -OCH3 is 1. The number of hydrogen-bond donors (Lipinski definition) is 0. The van der Waals surface area contributed by atoms with Crippen molar-refractivity contribution >= 4 is 33.2 Å². The number of rotatable bonds is 7. The summed E-state index contributed by atoms with van der Waals surface area (Å²) < 4.78 is 6.11. The zero-order chi connectivity index (χ0) is 22.1. The van der Waals surface area contributed by atoms with Gasteiger partial charge in [0.25, 0.3) is 0 Å². The van der Waals surface area contributed by atoms with E-state index in [-0.39, 0.29) is 12.3 Å². The SMILES string of the molecule is COc1ccc(CC(=O)CN(C)c2nc(-c3cc4ncsc4cn3)nc3c2CCC3)cn1. The molecule has 9 heteroatoms. The van der Waals surface area contributed by atoms with Crippen LogP contribution in [0.3, 0.4) is 0 Å². The van der Waals surface area contributed by atoms with Crippen LogP contribution in [-0.2, 0) is 24.1 Å². The van der Waals surface area contributed by atoms with Gasteiger partial charge >= 0.3 is 0 Å². The molecule has 0 saturated carbocycles. The predicted octanol–water partition coefficient (Wildman–Crippen LogP) is 3.29. The van der Waals surface area contributed by atoms with Gasteiger partial charge in [0.05, 0.1) is 29.4 Å². The molecule has 1 aliphatic rings. The summed E-state index contributed by atoms with van der Waals surface area (Å²) in [5, 5.41) is 0. The summed E-state index contributed by atoms with van der Waals surface area (Å²) in [6.45, 7) is 0.257. The molecule has 0 fully saturated rings. The third-order valence-electron chi connectivity index (χ3n) is 5.54. The first kappa shape index (κ1) is 20.4. The number of ketones is 1. The smallest absolute Gasteiger partial charge is 0.212 e. The summed E-state index contributed by atoms with van der Waals surface area (Å²) in [6.07, 6.45) is 6.68. The second-order valence-electron chi connectivity index (χ2n) is 7.82. The molecule has 32 heavy (non-hydrogen) atoms. The van der Waals surface area contributed by atoms with Crippen LogP contribution < -0.4 is 9.64 Å². The Morgan fingerprint density at radius 2 is 2.06 bits per heavy atom. The van der Waals surface area contributed by atoms with E-state index in [1.165, 1.54) is 0 Å². The Hall–Kier alpha value is -3.46. The van der Waals surface area contributed by atoms with Crippen LogP contribution in [0.4, 0.5) is 5.82 Å². The first-order valence-electron chi connectivity index (χ1n) is 10.4. The summed E-state index contributed by atoms with van der Waals surface area (Å²) in [4.78, 5) is 37.4. The van der Waals surface area contributed by atoms with E-state index < -0.39 is 0 Å². The van der Waals surface area contributed by atoms with E-state index in [0.717, 1.165) is 52.1 Å². The first-order valence-corrected chi connectivity index (χ1v) is 11.3. The fourth-order valence-electron chi connectivity index (χ4n) is 3.99. The van der Waals surface area contributed by atoms with Crippen molar-refractivity contribution in [3.63, 3.8) is 0 Å². The number of hydrogen-bond acceptors (Lipinski definition) is 9. The molecule has 4 aromatic heterocycles. The van der Waals surface area contributed by atoms with Crippen molar-refractivity contribution in [3.05, 3.63) is 52.9 Å². The number of fused-ring (bicyclic) bond motifs is 2. The molecule has 8 nitrogen and oxygen atoms in total. The van der Waals surface area contributed by atoms with Gasteiger partial charge in [0.1, 0.15) is 11.5 Å². The molecule has 0 aliphatic heterocycles. The van der Waals surface area contributed by atoms with E-state index in [9.17, 15) is 4.79 Å². The largest absolute Gasteiger partial charge is 0.481 e. The monoisotopic (exact) mass is 446 g/mol. The van der Waals surface area contributed by atoms with Gasteiger partial charge in [-0.2, -0.15) is 0 Å². The maximum atomic E-state index is 12.8. The van der Waals surface area contributed by atoms with Gasteiger partial charge < -0.3 is 9.64 Å². The molecule has 1 aliphatic carbocycles. The van der Waals surface area contributed by atoms with E-state index in [2.05, 4.69) is 15.0 Å². The zero-order valence-corrected chi connectivity index (χ0v) is 18.7. The number of aromatic nitrogens is 5. The number of ether oxygens (including phenoxy) is 1. The quantitative estimate of drug-likeness (QED) is 0.427. The number of carbonyl (C=O) groups is 1. The molecule has 0 unspecified atom stereocenters. The van der Waals surface area contributed by atoms with Crippen molar-refractivity contribution in [1.82, 2.24) is 24.9 Å². The van der Waals surface area contributed by atoms with Gasteiger partial charge in [0.2, 0.25) is 5.88 Å². The van der Waals surface area contributed by atoms with Gasteiger partial charge in [0, 0.05) is 43.2 Å². The van der Waals surface area contributed by atoms with E-state index in [4.69, 9.17) is 14.7 Å². The molecule has 0 aromatic carbocycles. The Bertz CT molecular complexity index is 1290. The summed E-state index contributed by atoms with van der Waals surface area (Å²) >= 11 is 1.56. The molecule has 162 valence electrons. The second kappa shape index (κ2) is 8.58. The van der Waals surface area contributed by atoms with Gasteiger partial charge in [-0.3, -0.25) is 9.78 Å². The normalized spacial score (nSPS) is 12.7. The minimum atomic E-state index is 0.0911. The number of nitrogens with zero attached hydrogens (tertiary/aromatic N) is 6. The Morgan fingerprint density at radius 3 is 2.88 bits per heavy atom. The van der Waals surface area contributed by atoms with Crippen LogP contribution in [0.2, 0.25) is 0 Å². The lowest BCUT2D eigenvalue weighted by Crippen LogP contribution is -2.28. The van der Waals surface area contributed by atoms with Crippen LogP contribution in [-0.4, -0.2) is 51.4 Å². The Balaban J connectivity index is 1.39. The van der Waals surface area contributed by atoms with E-state index in [0.29, 0.717) is 23.8 Å². The van der Waals surface area contributed by atoms with Gasteiger partial charge in [-0.05, 0) is 30.9 Å². The number of carbonyl (C=O) groups excluding carboxylic acids is 1. The maximum absolute atomic E-state index is 12.8. The van der Waals surface area contributed by atoms with Crippen LogP contribution in [0.1, 0.15) is 23.2 Å². The Labute approximate surface area is 189 Å². The van der Waals surface area contributed by atoms with Crippen molar-refractivity contribution in [1.29, 1.82) is 0 Å². The summed E-state index contributed by atoms with van der Waals surface area (Å²) in [5.74, 6) is 2.01. The fraction of sp³-hybridized carbons (Fsp3) is 0.304. The second-order valence-corrected chi connectivity index (χ2v) is 8.71. The molecule has 5 rings (SSSR count). The highest BCUT2D eigenvalue weighted by Gasteiger charge is 2.23. The number of thiazole rings is 1. The Morgan fingerprint density at radius 1 is 1.16 bits per heavy atom. The van der Waals surface area contributed by atoms with E-state index in [1.807, 2.05) is 35.8 Å². The fourth-order valence-corrected chi connectivity index (χ4v) is 4.61. The Kier molecular flexibility index (Phi) is 5.48. The van der Waals surface area contributed by atoms with Crippen molar-refractivity contribution in [2.45, 2.75) is 25.7 Å². The van der Waals surface area contributed by atoms with Gasteiger partial charge in [-0.1, -0.05) is 6.07 Å². The average molecular weight is 447 g/mol. The van der Waals surface area contributed by atoms with E-state index >= 15 is 0 Å². The zero-order valence-electron chi connectivity index (χ0n) is 17.9. The van der Waals surface area contributed by atoms with Gasteiger partial charge in [-0.15, -0.1) is 11.3 Å². The molecular formula is C23H22N6O2S. The minimum Gasteiger partial charge on any atom is -0.481 e. The van der Waals surface area contributed by atoms with Gasteiger partial charge in [0.15, 0.2) is 11.6 Å². The number of aryl methyl sites for hydroxylation is 1. The van der Waals surface area contributed by atoms with Crippen LogP contribution in [0.5, 0.6) is 5.88 Å². The lowest BCUT2D eigenvalue weighted by Gasteiger charge is -2.21. The minimum absolute atomic E-state index is 0.0911. The summed E-state index contributed by atoms with van der Waals surface area (Å²) in [6, 6.07) is 5.56. The van der Waals surface area contributed by atoms with E-state index in [1.54, 1.807) is 30.7 Å². The van der Waals surface area contributed by atoms with Crippen LogP contribution >= 0.6 is 11.3 Å². The molecule has 0 N–H and O–H groups in total. The number of anilines is 1. The van der Waals surface area contributed by atoms with Crippen LogP contribution in [0.15, 0.2) is 36.1 Å². The first-order chi connectivity index (χ1) is 15.6. The highest BCUT2D eigenvalue weighted by molar-refractivity contribution is 7.16. The third kappa shape index (κ3) is 4.03. The van der Waals surface area contributed by atoms with Crippen LogP contribution in [0.25, 0.3) is 21.7 Å². The molecule has 0 saturated heterocycles. The van der Waals surface area contributed by atoms with Gasteiger partial charge in [-0.25, -0.2) is 19.9 Å². The molecular weight excluding hydrogens is 424 g/mol. The summed E-state index contributed by atoms with van der Waals surface area (Å²) in [5.41, 5.74) is 6.43.